The molecule has 1 heterocycles. The van der Waals surface area contributed by atoms with Crippen molar-refractivity contribution < 1.29 is 0 Å². The summed E-state index contributed by atoms with van der Waals surface area (Å²) >= 11 is 3.48. The fourth-order valence-electron chi connectivity index (χ4n) is 2.41. The Balaban J connectivity index is 2.11. The van der Waals surface area contributed by atoms with E-state index < -0.39 is 0 Å². The van der Waals surface area contributed by atoms with Crippen LogP contribution in [0.3, 0.4) is 0 Å². The molecule has 0 aliphatic rings. The Hall–Kier alpha value is -1.19. The summed E-state index contributed by atoms with van der Waals surface area (Å²) in [5.74, 6) is 0. The number of nitrogens with one attached hydrogen (secondary N) is 1. The monoisotopic (exact) mass is 332 g/mol. The SMILES string of the molecule is CNC(Cc1cncc(Br)c1)Cc1cc(C)ccc1C. The number of benzene rings is 1. The number of hydrogen-bond acceptors (Lipinski definition) is 2. The van der Waals surface area contributed by atoms with Crippen molar-refractivity contribution in [2.75, 3.05) is 7.05 Å². The lowest BCUT2D eigenvalue weighted by Crippen LogP contribution is -2.30. The molecular formula is C17H21BrN2. The molecule has 0 saturated heterocycles. The van der Waals surface area contributed by atoms with Crippen molar-refractivity contribution in [2.45, 2.75) is 32.7 Å². The smallest absolute Gasteiger partial charge is 0.0410 e. The van der Waals surface area contributed by atoms with Crippen molar-refractivity contribution in [3.8, 4) is 0 Å². The summed E-state index contributed by atoms with van der Waals surface area (Å²) in [7, 11) is 2.03. The van der Waals surface area contributed by atoms with Crippen LogP contribution in [-0.2, 0) is 12.8 Å². The van der Waals surface area contributed by atoms with Crippen molar-refractivity contribution >= 4 is 15.9 Å². The molecule has 106 valence electrons. The fourth-order valence-corrected chi connectivity index (χ4v) is 2.83. The van der Waals surface area contributed by atoms with Crippen molar-refractivity contribution in [2.24, 2.45) is 0 Å². The van der Waals surface area contributed by atoms with Gasteiger partial charge in [0.05, 0.1) is 0 Å². The summed E-state index contributed by atoms with van der Waals surface area (Å²) < 4.78 is 1.04. The first-order valence-corrected chi connectivity index (χ1v) is 7.70. The molecule has 2 aromatic rings. The van der Waals surface area contributed by atoms with Gasteiger partial charge >= 0.3 is 0 Å². The molecule has 2 nitrogen and oxygen atoms in total. The zero-order chi connectivity index (χ0) is 14.5. The number of pyridine rings is 1. The molecule has 0 amide bonds. The Labute approximate surface area is 129 Å². The van der Waals surface area contributed by atoms with Gasteiger partial charge in [0.1, 0.15) is 0 Å². The molecule has 1 unspecified atom stereocenters. The number of aromatic nitrogens is 1. The van der Waals surface area contributed by atoms with Crippen molar-refractivity contribution in [1.29, 1.82) is 0 Å². The van der Waals surface area contributed by atoms with Gasteiger partial charge in [-0.1, -0.05) is 23.8 Å². The van der Waals surface area contributed by atoms with E-state index in [4.69, 9.17) is 0 Å². The molecule has 1 N–H and O–H groups in total. The molecule has 0 spiro atoms. The van der Waals surface area contributed by atoms with Gasteiger partial charge in [0.15, 0.2) is 0 Å². The Morgan fingerprint density at radius 3 is 2.65 bits per heavy atom. The highest BCUT2D eigenvalue weighted by Gasteiger charge is 2.11. The molecule has 0 aliphatic heterocycles. The third-order valence-electron chi connectivity index (χ3n) is 3.62. The predicted octanol–water partition coefficient (Wildman–Crippen LogP) is 3.83. The first kappa shape index (κ1) is 15.2. The summed E-state index contributed by atoms with van der Waals surface area (Å²) in [5.41, 5.74) is 5.36. The van der Waals surface area contributed by atoms with Crippen LogP contribution >= 0.6 is 15.9 Å². The maximum Gasteiger partial charge on any atom is 0.0410 e. The van der Waals surface area contributed by atoms with Crippen LogP contribution in [-0.4, -0.2) is 18.1 Å². The first-order chi connectivity index (χ1) is 9.58. The zero-order valence-electron chi connectivity index (χ0n) is 12.3. The number of aryl methyl sites for hydroxylation is 2. The van der Waals surface area contributed by atoms with E-state index in [0.717, 1.165) is 17.3 Å². The molecule has 0 bridgehead atoms. The standard InChI is InChI=1S/C17H21BrN2/c1-12-4-5-13(2)15(6-12)9-17(19-3)8-14-7-16(18)11-20-10-14/h4-7,10-11,17,19H,8-9H2,1-3H3. The van der Waals surface area contributed by atoms with Crippen LogP contribution in [0.15, 0.2) is 41.1 Å². The van der Waals surface area contributed by atoms with E-state index in [1.807, 2.05) is 19.4 Å². The second-order valence-electron chi connectivity index (χ2n) is 5.34. The molecule has 1 atom stereocenters. The lowest BCUT2D eigenvalue weighted by molar-refractivity contribution is 0.554. The average Bonchev–Trinajstić information content (AvgIpc) is 2.42. The summed E-state index contributed by atoms with van der Waals surface area (Å²) in [4.78, 5) is 4.24. The summed E-state index contributed by atoms with van der Waals surface area (Å²) in [6, 6.07) is 9.23. The van der Waals surface area contributed by atoms with Gasteiger partial charge in [-0.2, -0.15) is 0 Å². The number of likely N-dealkylation sites (N-methyl/N-ethyl adjacent to an activating group) is 1. The summed E-state index contributed by atoms with van der Waals surface area (Å²) in [6.07, 6.45) is 5.79. The third-order valence-corrected chi connectivity index (χ3v) is 4.06. The second kappa shape index (κ2) is 7.00. The Kier molecular flexibility index (Phi) is 5.32. The minimum absolute atomic E-state index is 0.423. The van der Waals surface area contributed by atoms with Crippen LogP contribution in [0.4, 0.5) is 0 Å². The van der Waals surface area contributed by atoms with E-state index in [9.17, 15) is 0 Å². The highest BCUT2D eigenvalue weighted by molar-refractivity contribution is 9.10. The molecular weight excluding hydrogens is 312 g/mol. The highest BCUT2D eigenvalue weighted by Crippen LogP contribution is 2.16. The van der Waals surface area contributed by atoms with Gasteiger partial charge in [0.2, 0.25) is 0 Å². The molecule has 0 aliphatic carbocycles. The summed E-state index contributed by atoms with van der Waals surface area (Å²) in [5, 5.41) is 3.42. The number of nitrogens with zero attached hydrogens (tertiary/aromatic N) is 1. The minimum atomic E-state index is 0.423. The number of rotatable bonds is 5. The molecule has 2 rings (SSSR count). The van der Waals surface area contributed by atoms with Crippen LogP contribution < -0.4 is 5.32 Å². The Morgan fingerprint density at radius 1 is 1.15 bits per heavy atom. The van der Waals surface area contributed by atoms with Gasteiger partial charge < -0.3 is 5.32 Å². The molecule has 0 saturated carbocycles. The van der Waals surface area contributed by atoms with Gasteiger partial charge in [-0.05, 0) is 72.4 Å². The molecule has 0 fully saturated rings. The molecule has 0 radical (unpaired) electrons. The highest BCUT2D eigenvalue weighted by atomic mass is 79.9. The van der Waals surface area contributed by atoms with E-state index >= 15 is 0 Å². The largest absolute Gasteiger partial charge is 0.316 e. The Bertz CT molecular complexity index is 581. The number of hydrogen-bond donors (Lipinski definition) is 1. The van der Waals surface area contributed by atoms with E-state index in [1.165, 1.54) is 22.3 Å². The van der Waals surface area contributed by atoms with Crippen molar-refractivity contribution in [3.63, 3.8) is 0 Å². The second-order valence-corrected chi connectivity index (χ2v) is 6.25. The maximum atomic E-state index is 4.24. The van der Waals surface area contributed by atoms with Crippen molar-refractivity contribution in [3.05, 3.63) is 63.4 Å². The zero-order valence-corrected chi connectivity index (χ0v) is 13.9. The molecule has 1 aromatic heterocycles. The van der Waals surface area contributed by atoms with Gasteiger partial charge in [-0.25, -0.2) is 0 Å². The first-order valence-electron chi connectivity index (χ1n) is 6.91. The topological polar surface area (TPSA) is 24.9 Å². The van der Waals surface area contributed by atoms with Crippen LogP contribution in [0.1, 0.15) is 22.3 Å². The number of halogens is 1. The van der Waals surface area contributed by atoms with E-state index in [-0.39, 0.29) is 0 Å². The van der Waals surface area contributed by atoms with E-state index in [2.05, 4.69) is 64.3 Å². The van der Waals surface area contributed by atoms with Crippen molar-refractivity contribution in [1.82, 2.24) is 10.3 Å². The van der Waals surface area contributed by atoms with E-state index in [0.29, 0.717) is 6.04 Å². The lowest BCUT2D eigenvalue weighted by Gasteiger charge is -2.18. The van der Waals surface area contributed by atoms with E-state index in [1.54, 1.807) is 0 Å². The molecule has 1 aromatic carbocycles. The van der Waals surface area contributed by atoms with Gasteiger partial charge in [-0.15, -0.1) is 0 Å². The fraction of sp³-hybridized carbons (Fsp3) is 0.353. The predicted molar refractivity (Wildman–Crippen MR) is 88.1 cm³/mol. The lowest BCUT2D eigenvalue weighted by atomic mass is 9.96. The van der Waals surface area contributed by atoms with Gasteiger partial charge in [0, 0.05) is 22.9 Å². The van der Waals surface area contributed by atoms with Crippen LogP contribution in [0.25, 0.3) is 0 Å². The van der Waals surface area contributed by atoms with Gasteiger partial charge in [-0.3, -0.25) is 4.98 Å². The maximum absolute atomic E-state index is 4.24. The minimum Gasteiger partial charge on any atom is -0.316 e. The average molecular weight is 333 g/mol. The third kappa shape index (κ3) is 4.15. The van der Waals surface area contributed by atoms with Gasteiger partial charge in [0.25, 0.3) is 0 Å². The van der Waals surface area contributed by atoms with Crippen LogP contribution in [0.5, 0.6) is 0 Å². The van der Waals surface area contributed by atoms with Crippen LogP contribution in [0, 0.1) is 13.8 Å². The van der Waals surface area contributed by atoms with Crippen LogP contribution in [0.2, 0.25) is 0 Å². The normalized spacial score (nSPS) is 12.4. The molecule has 3 heteroatoms. The molecule has 20 heavy (non-hydrogen) atoms. The Morgan fingerprint density at radius 2 is 1.95 bits per heavy atom. The summed E-state index contributed by atoms with van der Waals surface area (Å²) in [6.45, 7) is 4.33. The quantitative estimate of drug-likeness (QED) is 0.899.